The third-order valence-corrected chi connectivity index (χ3v) is 3.49. The van der Waals surface area contributed by atoms with Crippen LogP contribution in [0.4, 0.5) is 11.5 Å². The van der Waals surface area contributed by atoms with Gasteiger partial charge >= 0.3 is 5.69 Å². The van der Waals surface area contributed by atoms with E-state index in [0.29, 0.717) is 12.2 Å². The average Bonchev–Trinajstić information content (AvgIpc) is 2.92. The van der Waals surface area contributed by atoms with Crippen LogP contribution in [0.5, 0.6) is 5.88 Å². The van der Waals surface area contributed by atoms with Gasteiger partial charge in [0.2, 0.25) is 5.82 Å². The van der Waals surface area contributed by atoms with E-state index >= 15 is 0 Å². The number of hydrogen-bond acceptors (Lipinski definition) is 7. The van der Waals surface area contributed by atoms with E-state index in [1.165, 1.54) is 13.4 Å². The first kappa shape index (κ1) is 14.4. The number of anilines is 1. The number of rotatable bonds is 6. The highest BCUT2D eigenvalue weighted by Crippen LogP contribution is 2.37. The summed E-state index contributed by atoms with van der Waals surface area (Å²) in [6, 6.07) is 0.167. The largest absolute Gasteiger partial charge is 0.476 e. The summed E-state index contributed by atoms with van der Waals surface area (Å²) in [7, 11) is 1.35. The number of aromatic nitrogens is 2. The molecule has 8 nitrogen and oxygen atoms in total. The molecule has 1 saturated heterocycles. The monoisotopic (exact) mass is 282 g/mol. The van der Waals surface area contributed by atoms with Gasteiger partial charge in [-0.1, -0.05) is 0 Å². The van der Waals surface area contributed by atoms with Crippen LogP contribution in [0.15, 0.2) is 6.33 Å². The third kappa shape index (κ3) is 2.79. The van der Waals surface area contributed by atoms with Crippen LogP contribution in [0.25, 0.3) is 0 Å². The van der Waals surface area contributed by atoms with E-state index in [0.717, 1.165) is 25.8 Å². The molecule has 8 heteroatoms. The van der Waals surface area contributed by atoms with Crippen LogP contribution in [0.3, 0.4) is 0 Å². The Labute approximate surface area is 116 Å². The van der Waals surface area contributed by atoms with Crippen LogP contribution in [0.2, 0.25) is 0 Å². The maximum absolute atomic E-state index is 11.3. The van der Waals surface area contributed by atoms with Gasteiger partial charge < -0.3 is 14.7 Å². The molecular formula is C12H18N4O4. The molecule has 1 unspecified atom stereocenters. The van der Waals surface area contributed by atoms with Crippen molar-refractivity contribution < 1.29 is 14.8 Å². The van der Waals surface area contributed by atoms with Crippen LogP contribution in [0, 0.1) is 10.1 Å². The molecule has 1 N–H and O–H groups in total. The van der Waals surface area contributed by atoms with Gasteiger partial charge in [-0.3, -0.25) is 10.1 Å². The van der Waals surface area contributed by atoms with Gasteiger partial charge in [-0.05, 0) is 25.7 Å². The highest BCUT2D eigenvalue weighted by atomic mass is 16.6. The summed E-state index contributed by atoms with van der Waals surface area (Å²) in [5.74, 6) is 0.287. The molecule has 2 heterocycles. The molecule has 0 spiro atoms. The second kappa shape index (κ2) is 6.47. The Morgan fingerprint density at radius 3 is 3.05 bits per heavy atom. The molecule has 1 fully saturated rings. The standard InChI is InChI=1S/C12H18N4O4/c1-20-12-10(16(18)19)11(13-8-14-12)15-6-2-4-9(15)5-3-7-17/h8-9,17H,2-7H2,1H3. The lowest BCUT2D eigenvalue weighted by atomic mass is 10.1. The van der Waals surface area contributed by atoms with Gasteiger partial charge in [0.15, 0.2) is 0 Å². The quantitative estimate of drug-likeness (QED) is 0.616. The molecule has 0 amide bonds. The van der Waals surface area contributed by atoms with Gasteiger partial charge in [-0.2, -0.15) is 4.98 Å². The number of methoxy groups -OCH3 is 1. The molecule has 20 heavy (non-hydrogen) atoms. The van der Waals surface area contributed by atoms with Crippen LogP contribution in [-0.2, 0) is 0 Å². The van der Waals surface area contributed by atoms with Crippen molar-refractivity contribution in [1.82, 2.24) is 9.97 Å². The molecule has 0 bridgehead atoms. The lowest BCUT2D eigenvalue weighted by Crippen LogP contribution is -2.31. The summed E-state index contributed by atoms with van der Waals surface area (Å²) in [4.78, 5) is 20.6. The number of nitro groups is 1. The van der Waals surface area contributed by atoms with E-state index in [9.17, 15) is 10.1 Å². The zero-order chi connectivity index (χ0) is 14.5. The molecule has 0 radical (unpaired) electrons. The van der Waals surface area contributed by atoms with Crippen molar-refractivity contribution >= 4 is 11.5 Å². The van der Waals surface area contributed by atoms with Crippen molar-refractivity contribution in [2.45, 2.75) is 31.7 Å². The number of hydrogen-bond donors (Lipinski definition) is 1. The van der Waals surface area contributed by atoms with Gasteiger partial charge in [0, 0.05) is 19.2 Å². The number of ether oxygens (including phenoxy) is 1. The minimum absolute atomic E-state index is 0.0205. The normalized spacial score (nSPS) is 18.3. The predicted octanol–water partition coefficient (Wildman–Crippen LogP) is 1.13. The minimum Gasteiger partial charge on any atom is -0.476 e. The Kier molecular flexibility index (Phi) is 4.67. The lowest BCUT2D eigenvalue weighted by molar-refractivity contribution is -0.385. The lowest BCUT2D eigenvalue weighted by Gasteiger charge is -2.25. The molecular weight excluding hydrogens is 264 g/mol. The second-order valence-corrected chi connectivity index (χ2v) is 4.67. The molecule has 2 rings (SSSR count). The average molecular weight is 282 g/mol. The Balaban J connectivity index is 2.33. The Hall–Kier alpha value is -1.96. The zero-order valence-electron chi connectivity index (χ0n) is 11.4. The van der Waals surface area contributed by atoms with Crippen molar-refractivity contribution in [3.63, 3.8) is 0 Å². The maximum atomic E-state index is 11.3. The number of aliphatic hydroxyl groups is 1. The van der Waals surface area contributed by atoms with Crippen LogP contribution in [-0.4, -0.2) is 46.3 Å². The summed E-state index contributed by atoms with van der Waals surface area (Å²) in [6.07, 6.45) is 4.66. The van der Waals surface area contributed by atoms with Crippen molar-refractivity contribution in [3.05, 3.63) is 16.4 Å². The molecule has 1 aromatic rings. The van der Waals surface area contributed by atoms with Gasteiger partial charge in [-0.15, -0.1) is 0 Å². The summed E-state index contributed by atoms with van der Waals surface area (Å²) in [6.45, 7) is 0.844. The van der Waals surface area contributed by atoms with E-state index in [2.05, 4.69) is 9.97 Å². The van der Waals surface area contributed by atoms with E-state index in [-0.39, 0.29) is 24.2 Å². The summed E-state index contributed by atoms with van der Waals surface area (Å²) < 4.78 is 4.96. The van der Waals surface area contributed by atoms with Crippen LogP contribution < -0.4 is 9.64 Å². The number of aliphatic hydroxyl groups excluding tert-OH is 1. The smallest absolute Gasteiger partial charge is 0.372 e. The van der Waals surface area contributed by atoms with Gasteiger partial charge in [0.25, 0.3) is 5.88 Å². The van der Waals surface area contributed by atoms with Crippen molar-refractivity contribution in [3.8, 4) is 5.88 Å². The predicted molar refractivity (Wildman–Crippen MR) is 71.9 cm³/mol. The van der Waals surface area contributed by atoms with Crippen molar-refractivity contribution in [1.29, 1.82) is 0 Å². The maximum Gasteiger partial charge on any atom is 0.372 e. The fourth-order valence-corrected chi connectivity index (χ4v) is 2.61. The SMILES string of the molecule is COc1ncnc(N2CCCC2CCCO)c1[N+](=O)[O-]. The Morgan fingerprint density at radius 2 is 2.40 bits per heavy atom. The van der Waals surface area contributed by atoms with Crippen molar-refractivity contribution in [2.75, 3.05) is 25.2 Å². The van der Waals surface area contributed by atoms with Gasteiger partial charge in [0.1, 0.15) is 6.33 Å². The molecule has 1 atom stereocenters. The van der Waals surface area contributed by atoms with E-state index in [4.69, 9.17) is 9.84 Å². The van der Waals surface area contributed by atoms with Crippen molar-refractivity contribution in [2.24, 2.45) is 0 Å². The third-order valence-electron chi connectivity index (χ3n) is 3.49. The Bertz CT molecular complexity index is 483. The fraction of sp³-hybridized carbons (Fsp3) is 0.667. The second-order valence-electron chi connectivity index (χ2n) is 4.67. The summed E-state index contributed by atoms with van der Waals surface area (Å²) >= 11 is 0. The van der Waals surface area contributed by atoms with E-state index < -0.39 is 4.92 Å². The molecule has 0 saturated carbocycles. The van der Waals surface area contributed by atoms with Crippen LogP contribution in [0.1, 0.15) is 25.7 Å². The first-order valence-corrected chi connectivity index (χ1v) is 6.60. The molecule has 1 aromatic heterocycles. The highest BCUT2D eigenvalue weighted by molar-refractivity contribution is 5.63. The molecule has 0 aromatic carbocycles. The van der Waals surface area contributed by atoms with Gasteiger partial charge in [-0.25, -0.2) is 4.98 Å². The molecule has 110 valence electrons. The van der Waals surface area contributed by atoms with Gasteiger partial charge in [0.05, 0.1) is 12.0 Å². The topological polar surface area (TPSA) is 102 Å². The fourth-order valence-electron chi connectivity index (χ4n) is 2.61. The Morgan fingerprint density at radius 1 is 1.60 bits per heavy atom. The summed E-state index contributed by atoms with van der Waals surface area (Å²) in [5.41, 5.74) is -0.189. The number of nitrogens with zero attached hydrogens (tertiary/aromatic N) is 4. The highest BCUT2D eigenvalue weighted by Gasteiger charge is 2.33. The molecule has 0 aliphatic carbocycles. The molecule has 1 aliphatic heterocycles. The van der Waals surface area contributed by atoms with E-state index in [1.807, 2.05) is 4.90 Å². The van der Waals surface area contributed by atoms with Crippen LogP contribution >= 0.6 is 0 Å². The zero-order valence-corrected chi connectivity index (χ0v) is 11.4. The summed E-state index contributed by atoms with van der Waals surface area (Å²) in [5, 5.41) is 20.2. The molecule has 1 aliphatic rings. The first-order valence-electron chi connectivity index (χ1n) is 6.60. The van der Waals surface area contributed by atoms with E-state index in [1.54, 1.807) is 0 Å². The first-order chi connectivity index (χ1) is 9.69. The minimum atomic E-state index is -0.504.